The monoisotopic (exact) mass is 310 g/mol. The molecule has 8 nitrogen and oxygen atoms in total. The van der Waals surface area contributed by atoms with Crippen LogP contribution >= 0.6 is 0 Å². The molecule has 1 unspecified atom stereocenters. The predicted molar refractivity (Wildman–Crippen MR) is 75.8 cm³/mol. The number of amides is 1. The Morgan fingerprint density at radius 3 is 2.32 bits per heavy atom. The summed E-state index contributed by atoms with van der Waals surface area (Å²) >= 11 is 0. The number of ketones is 1. The summed E-state index contributed by atoms with van der Waals surface area (Å²) in [7, 11) is 0. The minimum absolute atomic E-state index is 0.00684. The molecule has 0 aromatic heterocycles. The fourth-order valence-corrected chi connectivity index (χ4v) is 2.42. The fraction of sp³-hybridized carbons (Fsp3) is 0.429. The van der Waals surface area contributed by atoms with Gasteiger partial charge in [0.25, 0.3) is 0 Å². The highest BCUT2D eigenvalue weighted by Gasteiger charge is 2.49. The summed E-state index contributed by atoms with van der Waals surface area (Å²) in [5.41, 5.74) is 4.00. The van der Waals surface area contributed by atoms with Crippen molar-refractivity contribution in [3.63, 3.8) is 0 Å². The van der Waals surface area contributed by atoms with Gasteiger partial charge in [0, 0.05) is 6.92 Å². The normalized spacial score (nSPS) is 22.6. The number of rotatable bonds is 7. The van der Waals surface area contributed by atoms with Gasteiger partial charge in [-0.1, -0.05) is 24.3 Å². The zero-order chi connectivity index (χ0) is 16.9. The molecule has 3 atom stereocenters. The number of nitrogens with two attached hydrogens (primary N) is 1. The second-order valence-corrected chi connectivity index (χ2v) is 5.07. The summed E-state index contributed by atoms with van der Waals surface area (Å²) in [6, 6.07) is -2.90. The Kier molecular flexibility index (Phi) is 5.58. The van der Waals surface area contributed by atoms with Crippen molar-refractivity contribution in [1.29, 1.82) is 0 Å². The fourth-order valence-electron chi connectivity index (χ4n) is 2.42. The van der Waals surface area contributed by atoms with Gasteiger partial charge in [0.05, 0.1) is 17.9 Å². The van der Waals surface area contributed by atoms with Crippen LogP contribution in [0.3, 0.4) is 0 Å². The van der Waals surface area contributed by atoms with E-state index in [2.05, 4.69) is 5.32 Å². The van der Waals surface area contributed by atoms with Crippen molar-refractivity contribution in [3.8, 4) is 0 Å². The van der Waals surface area contributed by atoms with Crippen LogP contribution in [-0.2, 0) is 19.2 Å². The molecule has 0 aromatic carbocycles. The third-order valence-electron chi connectivity index (χ3n) is 3.40. The van der Waals surface area contributed by atoms with Gasteiger partial charge in [0.1, 0.15) is 6.04 Å². The number of hydrogen-bond donors (Lipinski definition) is 4. The minimum atomic E-state index is -1.61. The zero-order valence-electron chi connectivity index (χ0n) is 12.0. The number of hydrogen-bond acceptors (Lipinski definition) is 5. The van der Waals surface area contributed by atoms with E-state index >= 15 is 0 Å². The summed E-state index contributed by atoms with van der Waals surface area (Å²) < 4.78 is 0. The van der Waals surface area contributed by atoms with E-state index < -0.39 is 47.5 Å². The highest BCUT2D eigenvalue weighted by molar-refractivity contribution is 5.99. The molecule has 22 heavy (non-hydrogen) atoms. The average molecular weight is 310 g/mol. The molecule has 1 amide bonds. The van der Waals surface area contributed by atoms with Crippen LogP contribution in [0.2, 0.25) is 0 Å². The maximum Gasteiger partial charge on any atom is 0.327 e. The van der Waals surface area contributed by atoms with Gasteiger partial charge >= 0.3 is 11.9 Å². The molecule has 0 spiro atoms. The van der Waals surface area contributed by atoms with E-state index in [-0.39, 0.29) is 6.42 Å². The molecular weight excluding hydrogens is 292 g/mol. The van der Waals surface area contributed by atoms with E-state index in [1.54, 1.807) is 12.2 Å². The van der Waals surface area contributed by atoms with Gasteiger partial charge in [0.15, 0.2) is 5.78 Å². The molecule has 0 bridgehead atoms. The number of aliphatic carboxylic acids is 2. The lowest BCUT2D eigenvalue weighted by Gasteiger charge is -2.36. The number of allylic oxidation sites excluding steroid dienone is 3. The molecule has 0 saturated carbocycles. The number of nitrogens with one attached hydrogen (secondary N) is 1. The smallest absolute Gasteiger partial charge is 0.327 e. The topological polar surface area (TPSA) is 147 Å². The first-order chi connectivity index (χ1) is 10.2. The summed E-state index contributed by atoms with van der Waals surface area (Å²) in [6.45, 7) is 1.13. The van der Waals surface area contributed by atoms with Gasteiger partial charge in [-0.15, -0.1) is 0 Å². The van der Waals surface area contributed by atoms with Gasteiger partial charge < -0.3 is 21.3 Å². The molecule has 0 aromatic rings. The Balaban J connectivity index is 3.24. The van der Waals surface area contributed by atoms with E-state index in [1.165, 1.54) is 12.2 Å². The van der Waals surface area contributed by atoms with Crippen LogP contribution in [-0.4, -0.2) is 45.9 Å². The Bertz CT molecular complexity index is 554. The number of carboxylic acid groups (broad SMARTS) is 2. The third-order valence-corrected chi connectivity index (χ3v) is 3.40. The van der Waals surface area contributed by atoms with Crippen LogP contribution in [0, 0.1) is 5.41 Å². The molecule has 5 N–H and O–H groups in total. The maximum absolute atomic E-state index is 12.6. The SMILES string of the molecule is CC(=O)N[C@@H](C(=O)O)C1(C(=O)[C@@H](N)CC(=O)O)C=CC=CC1. The number of carboxylic acids is 2. The summed E-state index contributed by atoms with van der Waals surface area (Å²) in [5, 5.41) is 20.4. The lowest BCUT2D eigenvalue weighted by atomic mass is 9.69. The molecule has 1 rings (SSSR count). The van der Waals surface area contributed by atoms with Crippen LogP contribution in [0.15, 0.2) is 24.3 Å². The van der Waals surface area contributed by atoms with Crippen molar-refractivity contribution >= 4 is 23.6 Å². The van der Waals surface area contributed by atoms with Crippen LogP contribution < -0.4 is 11.1 Å². The average Bonchev–Trinajstić information content (AvgIpc) is 2.43. The quantitative estimate of drug-likeness (QED) is 0.493. The van der Waals surface area contributed by atoms with E-state index in [1.807, 2.05) is 0 Å². The van der Waals surface area contributed by atoms with Crippen molar-refractivity contribution < 1.29 is 29.4 Å². The first-order valence-electron chi connectivity index (χ1n) is 6.56. The first-order valence-corrected chi connectivity index (χ1v) is 6.56. The molecule has 0 aliphatic heterocycles. The van der Waals surface area contributed by atoms with E-state index in [4.69, 9.17) is 10.8 Å². The Hall–Kier alpha value is -2.48. The van der Waals surface area contributed by atoms with Crippen LogP contribution in [0.4, 0.5) is 0 Å². The van der Waals surface area contributed by atoms with E-state index in [0.717, 1.165) is 6.92 Å². The van der Waals surface area contributed by atoms with Crippen molar-refractivity contribution in [1.82, 2.24) is 5.32 Å². The van der Waals surface area contributed by atoms with Crippen LogP contribution in [0.5, 0.6) is 0 Å². The standard InChI is InChI=1S/C14H18N2O6/c1-8(17)16-11(13(21)22)14(5-3-2-4-6-14)12(20)9(15)7-10(18)19/h2-5,9,11H,6-7,15H2,1H3,(H,16,17)(H,18,19)(H,21,22)/t9-,11-,14?/m0/s1. The largest absolute Gasteiger partial charge is 0.481 e. The minimum Gasteiger partial charge on any atom is -0.481 e. The second kappa shape index (κ2) is 6.99. The first kappa shape index (κ1) is 17.6. The third kappa shape index (κ3) is 3.79. The van der Waals surface area contributed by atoms with Crippen molar-refractivity contribution in [2.24, 2.45) is 11.1 Å². The Morgan fingerprint density at radius 1 is 1.27 bits per heavy atom. The highest BCUT2D eigenvalue weighted by Crippen LogP contribution is 2.35. The number of carbonyl (C=O) groups excluding carboxylic acids is 2. The second-order valence-electron chi connectivity index (χ2n) is 5.07. The van der Waals surface area contributed by atoms with Gasteiger partial charge in [0.2, 0.25) is 5.91 Å². The lowest BCUT2D eigenvalue weighted by molar-refractivity contribution is -0.149. The van der Waals surface area contributed by atoms with Crippen molar-refractivity contribution in [2.45, 2.75) is 31.8 Å². The van der Waals surface area contributed by atoms with Crippen molar-refractivity contribution in [3.05, 3.63) is 24.3 Å². The molecule has 8 heteroatoms. The van der Waals surface area contributed by atoms with Gasteiger partial charge in [-0.05, 0) is 6.42 Å². The Morgan fingerprint density at radius 2 is 1.91 bits per heavy atom. The molecule has 0 fully saturated rings. The molecule has 0 radical (unpaired) electrons. The van der Waals surface area contributed by atoms with E-state index in [9.17, 15) is 24.3 Å². The predicted octanol–water partition coefficient (Wildman–Crippen LogP) is -0.551. The van der Waals surface area contributed by atoms with Crippen LogP contribution in [0.25, 0.3) is 0 Å². The molecule has 0 heterocycles. The zero-order valence-corrected chi connectivity index (χ0v) is 12.0. The van der Waals surface area contributed by atoms with Gasteiger partial charge in [-0.25, -0.2) is 4.79 Å². The van der Waals surface area contributed by atoms with Gasteiger partial charge in [-0.3, -0.25) is 14.4 Å². The number of Topliss-reactive ketones (excluding diaryl/α,β-unsaturated/α-hetero) is 1. The van der Waals surface area contributed by atoms with Crippen LogP contribution in [0.1, 0.15) is 19.8 Å². The molecular formula is C14H18N2O6. The molecule has 1 aliphatic carbocycles. The van der Waals surface area contributed by atoms with Gasteiger partial charge in [-0.2, -0.15) is 0 Å². The highest BCUT2D eigenvalue weighted by atomic mass is 16.4. The lowest BCUT2D eigenvalue weighted by Crippen LogP contribution is -2.58. The molecule has 0 saturated heterocycles. The van der Waals surface area contributed by atoms with Crippen molar-refractivity contribution in [2.75, 3.05) is 0 Å². The maximum atomic E-state index is 12.6. The summed E-state index contributed by atoms with van der Waals surface area (Å²) in [4.78, 5) is 46.1. The molecule has 1 aliphatic rings. The summed E-state index contributed by atoms with van der Waals surface area (Å²) in [5.74, 6) is -4.02. The van der Waals surface area contributed by atoms with E-state index in [0.29, 0.717) is 0 Å². The summed E-state index contributed by atoms with van der Waals surface area (Å²) in [6.07, 6.45) is 5.42. The Labute approximate surface area is 126 Å². The molecule has 120 valence electrons. The number of carbonyl (C=O) groups is 4.